The van der Waals surface area contributed by atoms with Crippen LogP contribution >= 0.6 is 15.9 Å². The Morgan fingerprint density at radius 3 is 2.10 bits per heavy atom. The van der Waals surface area contributed by atoms with Gasteiger partial charge in [-0.3, -0.25) is 4.79 Å². The fourth-order valence-corrected chi connectivity index (χ4v) is 2.24. The number of halogens is 4. The van der Waals surface area contributed by atoms with Gasteiger partial charge in [0, 0.05) is 10.0 Å². The minimum absolute atomic E-state index is 0.286. The van der Waals surface area contributed by atoms with Gasteiger partial charge in [0.2, 0.25) is 5.91 Å². The molecule has 2 nitrogen and oxygen atoms in total. The number of amides is 1. The lowest BCUT2D eigenvalue weighted by Gasteiger charge is -2.09. The summed E-state index contributed by atoms with van der Waals surface area (Å²) >= 11 is 3.24. The fraction of sp³-hybridized carbons (Fsp3) is 0.0714. The summed E-state index contributed by atoms with van der Waals surface area (Å²) in [6.07, 6.45) is -4.37. The summed E-state index contributed by atoms with van der Waals surface area (Å²) in [4.78, 5) is 11.2. The molecule has 2 aromatic carbocycles. The van der Waals surface area contributed by atoms with Crippen LogP contribution in [0.4, 0.5) is 13.2 Å². The third-order valence-electron chi connectivity index (χ3n) is 2.73. The van der Waals surface area contributed by atoms with Crippen LogP contribution in [0.15, 0.2) is 46.9 Å². The molecular formula is C14H9BrF3NO. The minimum Gasteiger partial charge on any atom is -0.366 e. The first-order valence-electron chi connectivity index (χ1n) is 5.55. The van der Waals surface area contributed by atoms with E-state index in [2.05, 4.69) is 15.9 Å². The van der Waals surface area contributed by atoms with Crippen molar-refractivity contribution >= 4 is 21.8 Å². The number of rotatable bonds is 2. The van der Waals surface area contributed by atoms with Crippen LogP contribution in [-0.2, 0) is 6.18 Å². The Kier molecular flexibility index (Phi) is 3.85. The predicted octanol–water partition coefficient (Wildman–Crippen LogP) is 4.23. The smallest absolute Gasteiger partial charge is 0.366 e. The van der Waals surface area contributed by atoms with Gasteiger partial charge in [0.1, 0.15) is 0 Å². The summed E-state index contributed by atoms with van der Waals surface area (Å²) in [5.74, 6) is -0.598. The van der Waals surface area contributed by atoms with Crippen molar-refractivity contribution in [1.82, 2.24) is 0 Å². The summed E-state index contributed by atoms with van der Waals surface area (Å²) < 4.78 is 38.1. The largest absolute Gasteiger partial charge is 0.416 e. The van der Waals surface area contributed by atoms with Crippen molar-refractivity contribution in [2.24, 2.45) is 5.73 Å². The number of benzene rings is 2. The highest BCUT2D eigenvalue weighted by Gasteiger charge is 2.29. The van der Waals surface area contributed by atoms with Crippen LogP contribution < -0.4 is 5.73 Å². The molecule has 2 N–H and O–H groups in total. The predicted molar refractivity (Wildman–Crippen MR) is 73.1 cm³/mol. The first-order chi connectivity index (χ1) is 9.27. The van der Waals surface area contributed by atoms with Crippen LogP contribution in [0.2, 0.25) is 0 Å². The normalized spacial score (nSPS) is 11.4. The monoisotopic (exact) mass is 343 g/mol. The number of carbonyl (C=O) groups excluding carboxylic acids is 1. The lowest BCUT2D eigenvalue weighted by Crippen LogP contribution is -2.10. The van der Waals surface area contributed by atoms with Gasteiger partial charge in [0.25, 0.3) is 0 Å². The van der Waals surface area contributed by atoms with E-state index < -0.39 is 17.6 Å². The second-order valence-electron chi connectivity index (χ2n) is 4.17. The van der Waals surface area contributed by atoms with Gasteiger partial charge < -0.3 is 5.73 Å². The van der Waals surface area contributed by atoms with Crippen molar-refractivity contribution in [1.29, 1.82) is 0 Å². The molecule has 2 rings (SSSR count). The molecule has 0 bridgehead atoms. The Bertz CT molecular complexity index is 650. The summed E-state index contributed by atoms with van der Waals surface area (Å²) in [5.41, 5.74) is 5.96. The van der Waals surface area contributed by atoms with Gasteiger partial charge in [0.15, 0.2) is 0 Å². The van der Waals surface area contributed by atoms with Crippen LogP contribution in [0.3, 0.4) is 0 Å². The summed E-state index contributed by atoms with van der Waals surface area (Å²) in [5, 5.41) is 0. The molecule has 20 heavy (non-hydrogen) atoms. The maximum absolute atomic E-state index is 12.5. The van der Waals surface area contributed by atoms with Crippen molar-refractivity contribution in [3.63, 3.8) is 0 Å². The van der Waals surface area contributed by atoms with E-state index in [-0.39, 0.29) is 5.56 Å². The van der Waals surface area contributed by atoms with Crippen molar-refractivity contribution in [3.8, 4) is 11.1 Å². The number of carbonyl (C=O) groups is 1. The minimum atomic E-state index is -4.37. The third-order valence-corrected chi connectivity index (χ3v) is 3.19. The molecule has 104 valence electrons. The lowest BCUT2D eigenvalue weighted by molar-refractivity contribution is -0.137. The van der Waals surface area contributed by atoms with E-state index in [9.17, 15) is 18.0 Å². The lowest BCUT2D eigenvalue weighted by atomic mass is 10.0. The molecular weight excluding hydrogens is 335 g/mol. The van der Waals surface area contributed by atoms with E-state index in [1.54, 1.807) is 12.1 Å². The Morgan fingerprint density at radius 2 is 1.60 bits per heavy atom. The quantitative estimate of drug-likeness (QED) is 0.870. The standard InChI is InChI=1S/C14H9BrF3NO/c15-12-6-9(5-10(7-12)13(19)20)8-1-3-11(4-2-8)14(16,17)18/h1-7H,(H2,19,20). The molecule has 0 spiro atoms. The van der Waals surface area contributed by atoms with E-state index in [0.717, 1.165) is 12.1 Å². The molecule has 0 heterocycles. The number of alkyl halides is 3. The topological polar surface area (TPSA) is 43.1 Å². The maximum atomic E-state index is 12.5. The number of nitrogens with two attached hydrogens (primary N) is 1. The number of hydrogen-bond donors (Lipinski definition) is 1. The van der Waals surface area contributed by atoms with E-state index in [1.165, 1.54) is 18.2 Å². The fourth-order valence-electron chi connectivity index (χ4n) is 1.75. The van der Waals surface area contributed by atoms with Gasteiger partial charge >= 0.3 is 6.18 Å². The molecule has 0 fully saturated rings. The maximum Gasteiger partial charge on any atom is 0.416 e. The summed E-state index contributed by atoms with van der Waals surface area (Å²) in [6, 6.07) is 9.51. The molecule has 0 aromatic heterocycles. The molecule has 0 unspecified atom stereocenters. The van der Waals surface area contributed by atoms with Crippen LogP contribution in [0, 0.1) is 0 Å². The molecule has 0 aliphatic rings. The van der Waals surface area contributed by atoms with E-state index >= 15 is 0 Å². The van der Waals surface area contributed by atoms with Gasteiger partial charge in [0.05, 0.1) is 5.56 Å². The van der Waals surface area contributed by atoms with E-state index in [4.69, 9.17) is 5.73 Å². The molecule has 0 saturated heterocycles. The number of hydrogen-bond acceptors (Lipinski definition) is 1. The second-order valence-corrected chi connectivity index (χ2v) is 5.08. The molecule has 0 radical (unpaired) electrons. The summed E-state index contributed by atoms with van der Waals surface area (Å²) in [6.45, 7) is 0. The Balaban J connectivity index is 2.44. The second kappa shape index (κ2) is 5.28. The zero-order valence-corrected chi connectivity index (χ0v) is 11.6. The van der Waals surface area contributed by atoms with Crippen LogP contribution in [0.5, 0.6) is 0 Å². The van der Waals surface area contributed by atoms with Crippen molar-refractivity contribution in [2.45, 2.75) is 6.18 Å². The number of primary amides is 1. The molecule has 2 aromatic rings. The first-order valence-corrected chi connectivity index (χ1v) is 6.35. The Morgan fingerprint density at radius 1 is 1.00 bits per heavy atom. The van der Waals surface area contributed by atoms with Gasteiger partial charge in [-0.25, -0.2) is 0 Å². The first kappa shape index (κ1) is 14.6. The highest BCUT2D eigenvalue weighted by Crippen LogP contribution is 2.31. The van der Waals surface area contributed by atoms with Crippen molar-refractivity contribution < 1.29 is 18.0 Å². The van der Waals surface area contributed by atoms with E-state index in [1.807, 2.05) is 0 Å². The van der Waals surface area contributed by atoms with Crippen LogP contribution in [0.1, 0.15) is 15.9 Å². The molecule has 0 aliphatic heterocycles. The average molecular weight is 344 g/mol. The molecule has 6 heteroatoms. The highest BCUT2D eigenvalue weighted by atomic mass is 79.9. The van der Waals surface area contributed by atoms with E-state index in [0.29, 0.717) is 15.6 Å². The van der Waals surface area contributed by atoms with Gasteiger partial charge in [-0.2, -0.15) is 13.2 Å². The third kappa shape index (κ3) is 3.19. The molecule has 0 aliphatic carbocycles. The summed E-state index contributed by atoms with van der Waals surface area (Å²) in [7, 11) is 0. The van der Waals surface area contributed by atoms with Crippen molar-refractivity contribution in [3.05, 3.63) is 58.1 Å². The molecule has 1 amide bonds. The SMILES string of the molecule is NC(=O)c1cc(Br)cc(-c2ccc(C(F)(F)F)cc2)c1. The molecule has 0 saturated carbocycles. The van der Waals surface area contributed by atoms with Gasteiger partial charge in [-0.1, -0.05) is 28.1 Å². The van der Waals surface area contributed by atoms with Gasteiger partial charge in [-0.15, -0.1) is 0 Å². The Labute approximate surface area is 121 Å². The highest BCUT2D eigenvalue weighted by molar-refractivity contribution is 9.10. The van der Waals surface area contributed by atoms with Crippen LogP contribution in [-0.4, -0.2) is 5.91 Å². The zero-order valence-electron chi connectivity index (χ0n) is 10.0. The van der Waals surface area contributed by atoms with Crippen molar-refractivity contribution in [2.75, 3.05) is 0 Å². The van der Waals surface area contributed by atoms with Gasteiger partial charge in [-0.05, 0) is 41.5 Å². The average Bonchev–Trinajstić information content (AvgIpc) is 2.37. The Hall–Kier alpha value is -1.82. The van der Waals surface area contributed by atoms with Crippen LogP contribution in [0.25, 0.3) is 11.1 Å². The molecule has 0 atom stereocenters. The zero-order chi connectivity index (χ0) is 14.9.